The second-order valence-corrected chi connectivity index (χ2v) is 8.77. The molecule has 0 aliphatic carbocycles. The predicted octanol–water partition coefficient (Wildman–Crippen LogP) is 5.55. The largest absolute Gasteiger partial charge is 0.368 e. The summed E-state index contributed by atoms with van der Waals surface area (Å²) in [5.41, 5.74) is 7.88. The van der Waals surface area contributed by atoms with Crippen molar-refractivity contribution in [1.82, 2.24) is 19.8 Å². The van der Waals surface area contributed by atoms with Crippen molar-refractivity contribution in [2.45, 2.75) is 6.92 Å². The molecule has 4 aromatic rings. The van der Waals surface area contributed by atoms with Gasteiger partial charge in [-0.3, -0.25) is 14.8 Å². The molecule has 5 rings (SSSR count). The Hall–Kier alpha value is -4.25. The van der Waals surface area contributed by atoms with Crippen LogP contribution in [0.5, 0.6) is 0 Å². The molecule has 5 nitrogen and oxygen atoms in total. The lowest BCUT2D eigenvalue weighted by Gasteiger charge is -2.37. The van der Waals surface area contributed by atoms with Crippen molar-refractivity contribution in [2.75, 3.05) is 26.2 Å². The average Bonchev–Trinajstić information content (AvgIpc) is 2.93. The molecular weight excluding hydrogens is 432 g/mol. The van der Waals surface area contributed by atoms with E-state index in [1.165, 1.54) is 11.1 Å². The summed E-state index contributed by atoms with van der Waals surface area (Å²) in [5, 5.41) is 0. The third-order valence-corrected chi connectivity index (χ3v) is 6.56. The van der Waals surface area contributed by atoms with Gasteiger partial charge in [-0.15, -0.1) is 0 Å². The van der Waals surface area contributed by atoms with Gasteiger partial charge in [-0.2, -0.15) is 0 Å². The number of amides is 1. The van der Waals surface area contributed by atoms with Crippen LogP contribution in [0.3, 0.4) is 0 Å². The number of carbonyl (C=O) groups excluding carboxylic acids is 1. The van der Waals surface area contributed by atoms with Crippen LogP contribution in [-0.2, 0) is 0 Å². The minimum atomic E-state index is 0.0768. The lowest BCUT2D eigenvalue weighted by atomic mass is 9.99. The molecule has 0 atom stereocenters. The highest BCUT2D eigenvalue weighted by atomic mass is 16.2. The van der Waals surface area contributed by atoms with Gasteiger partial charge in [0.2, 0.25) is 0 Å². The minimum Gasteiger partial charge on any atom is -0.368 e. The molecule has 1 amide bonds. The van der Waals surface area contributed by atoms with Gasteiger partial charge in [0.05, 0.1) is 11.4 Å². The number of benzene rings is 2. The van der Waals surface area contributed by atoms with E-state index in [0.29, 0.717) is 13.1 Å². The van der Waals surface area contributed by atoms with E-state index in [9.17, 15) is 4.79 Å². The van der Waals surface area contributed by atoms with Gasteiger partial charge in [0.1, 0.15) is 0 Å². The molecule has 1 aliphatic rings. The van der Waals surface area contributed by atoms with Gasteiger partial charge in [0, 0.05) is 55.4 Å². The third-order valence-electron chi connectivity index (χ3n) is 6.56. The van der Waals surface area contributed by atoms with Gasteiger partial charge in [0.15, 0.2) is 0 Å². The lowest BCUT2D eigenvalue weighted by molar-refractivity contribution is 0.0686. The Balaban J connectivity index is 1.19. The first-order valence-corrected chi connectivity index (χ1v) is 11.9. The van der Waals surface area contributed by atoms with Crippen molar-refractivity contribution in [1.29, 1.82) is 0 Å². The molecule has 1 aliphatic heterocycles. The quantitative estimate of drug-likeness (QED) is 0.392. The van der Waals surface area contributed by atoms with Crippen LogP contribution >= 0.6 is 0 Å². The fourth-order valence-corrected chi connectivity index (χ4v) is 4.46. The maximum Gasteiger partial charge on any atom is 0.253 e. The number of aromatic nitrogens is 2. The Bertz CT molecular complexity index is 1320. The van der Waals surface area contributed by atoms with Crippen LogP contribution in [0.4, 0.5) is 0 Å². The Labute approximate surface area is 206 Å². The molecule has 5 heteroatoms. The van der Waals surface area contributed by atoms with E-state index in [-0.39, 0.29) is 5.91 Å². The number of pyridine rings is 2. The number of carbonyl (C=O) groups is 1. The summed E-state index contributed by atoms with van der Waals surface area (Å²) in [6, 6.07) is 26.0. The zero-order chi connectivity index (χ0) is 24.2. The van der Waals surface area contributed by atoms with E-state index >= 15 is 0 Å². The molecule has 0 spiro atoms. The zero-order valence-corrected chi connectivity index (χ0v) is 19.9. The molecule has 35 heavy (non-hydrogen) atoms. The number of hydrogen-bond acceptors (Lipinski definition) is 4. The summed E-state index contributed by atoms with van der Waals surface area (Å²) in [6.07, 6.45) is 3.61. The molecule has 0 N–H and O–H groups in total. The van der Waals surface area contributed by atoms with E-state index in [4.69, 9.17) is 0 Å². The maximum absolute atomic E-state index is 13.1. The van der Waals surface area contributed by atoms with Gasteiger partial charge < -0.3 is 9.80 Å². The first-order chi connectivity index (χ1) is 17.1. The molecule has 1 saturated heterocycles. The first kappa shape index (κ1) is 22.5. The summed E-state index contributed by atoms with van der Waals surface area (Å²) < 4.78 is 0. The van der Waals surface area contributed by atoms with Crippen molar-refractivity contribution in [3.05, 3.63) is 115 Å². The van der Waals surface area contributed by atoms with E-state index in [0.717, 1.165) is 46.9 Å². The molecule has 2 aromatic heterocycles. The third kappa shape index (κ3) is 4.85. The van der Waals surface area contributed by atoms with Gasteiger partial charge >= 0.3 is 0 Å². The van der Waals surface area contributed by atoms with E-state index < -0.39 is 0 Å². The van der Waals surface area contributed by atoms with Gasteiger partial charge in [-0.25, -0.2) is 0 Å². The highest BCUT2D eigenvalue weighted by Crippen LogP contribution is 2.25. The minimum absolute atomic E-state index is 0.0768. The zero-order valence-electron chi connectivity index (χ0n) is 19.9. The molecule has 0 saturated carbocycles. The van der Waals surface area contributed by atoms with Gasteiger partial charge in [-0.1, -0.05) is 49.0 Å². The van der Waals surface area contributed by atoms with Crippen LogP contribution in [0.1, 0.15) is 21.5 Å². The van der Waals surface area contributed by atoms with Crippen LogP contribution in [-0.4, -0.2) is 51.9 Å². The van der Waals surface area contributed by atoms with Crippen LogP contribution < -0.4 is 0 Å². The van der Waals surface area contributed by atoms with Gasteiger partial charge in [-0.05, 0) is 60.0 Å². The summed E-state index contributed by atoms with van der Waals surface area (Å²) in [4.78, 5) is 26.2. The van der Waals surface area contributed by atoms with Crippen LogP contribution in [0.15, 0.2) is 97.8 Å². The van der Waals surface area contributed by atoms with Gasteiger partial charge in [0.25, 0.3) is 5.91 Å². The van der Waals surface area contributed by atoms with E-state index in [1.807, 2.05) is 77.8 Å². The lowest BCUT2D eigenvalue weighted by Crippen LogP contribution is -2.47. The van der Waals surface area contributed by atoms with Crippen molar-refractivity contribution in [3.8, 4) is 22.5 Å². The molecule has 2 aromatic carbocycles. The highest BCUT2D eigenvalue weighted by Gasteiger charge is 2.23. The molecule has 0 bridgehead atoms. The van der Waals surface area contributed by atoms with Crippen LogP contribution in [0.2, 0.25) is 0 Å². The Kier molecular flexibility index (Phi) is 6.40. The fraction of sp³-hybridized carbons (Fsp3) is 0.167. The average molecular weight is 461 g/mol. The summed E-state index contributed by atoms with van der Waals surface area (Å²) in [7, 11) is 0. The predicted molar refractivity (Wildman–Crippen MR) is 141 cm³/mol. The second-order valence-electron chi connectivity index (χ2n) is 8.77. The smallest absolute Gasteiger partial charge is 0.253 e. The normalized spacial score (nSPS) is 13.5. The number of nitrogens with zero attached hydrogens (tertiary/aromatic N) is 4. The molecule has 1 fully saturated rings. The Morgan fingerprint density at radius 3 is 2.06 bits per heavy atom. The highest BCUT2D eigenvalue weighted by molar-refractivity contribution is 5.95. The number of hydrogen-bond donors (Lipinski definition) is 0. The number of aryl methyl sites for hydroxylation is 1. The maximum atomic E-state index is 13.1. The number of piperazine rings is 1. The molecular formula is C30H28N4O. The van der Waals surface area contributed by atoms with Crippen molar-refractivity contribution in [2.24, 2.45) is 0 Å². The number of rotatable bonds is 5. The van der Waals surface area contributed by atoms with Crippen LogP contribution in [0.25, 0.3) is 28.2 Å². The topological polar surface area (TPSA) is 49.3 Å². The SMILES string of the molecule is C=C(c1ccc(-c2ccccn2)nc1)N1CCN(C(=O)c2ccc(-c3ccccc3C)cc2)CC1. The van der Waals surface area contributed by atoms with E-state index in [2.05, 4.69) is 40.5 Å². The molecule has 0 unspecified atom stereocenters. The van der Waals surface area contributed by atoms with Crippen molar-refractivity contribution < 1.29 is 4.79 Å². The Morgan fingerprint density at radius 1 is 0.743 bits per heavy atom. The van der Waals surface area contributed by atoms with Crippen molar-refractivity contribution in [3.63, 3.8) is 0 Å². The summed E-state index contributed by atoms with van der Waals surface area (Å²) in [6.45, 7) is 9.21. The molecule has 174 valence electrons. The molecule has 0 radical (unpaired) electrons. The fourth-order valence-electron chi connectivity index (χ4n) is 4.46. The molecule has 3 heterocycles. The Morgan fingerprint density at radius 2 is 1.40 bits per heavy atom. The second kappa shape index (κ2) is 9.94. The van der Waals surface area contributed by atoms with Crippen molar-refractivity contribution >= 4 is 11.6 Å². The standard InChI is InChI=1S/C30H28N4O/c1-22-7-3-4-8-27(22)24-10-12-25(13-11-24)30(35)34-19-17-33(18-20-34)23(2)26-14-15-29(32-21-26)28-9-5-6-16-31-28/h3-16,21H,2,17-20H2,1H3. The summed E-state index contributed by atoms with van der Waals surface area (Å²) in [5.74, 6) is 0.0768. The van der Waals surface area contributed by atoms with Crippen LogP contribution in [0, 0.1) is 6.92 Å². The van der Waals surface area contributed by atoms with E-state index in [1.54, 1.807) is 6.20 Å². The first-order valence-electron chi connectivity index (χ1n) is 11.9. The summed E-state index contributed by atoms with van der Waals surface area (Å²) >= 11 is 0. The monoisotopic (exact) mass is 460 g/mol.